The molecule has 0 radical (unpaired) electrons. The molecular weight excluding hydrogens is 208 g/mol. The first-order valence-electron chi connectivity index (χ1n) is 7.07. The number of hydrogen-bond donors (Lipinski definition) is 0. The van der Waals surface area contributed by atoms with Crippen molar-refractivity contribution in [2.75, 3.05) is 0 Å². The molecule has 1 aliphatic carbocycles. The summed E-state index contributed by atoms with van der Waals surface area (Å²) >= 11 is 0. The molecular formula is C16H26O. The van der Waals surface area contributed by atoms with Gasteiger partial charge >= 0.3 is 0 Å². The molecule has 0 aromatic rings. The summed E-state index contributed by atoms with van der Waals surface area (Å²) in [5, 5.41) is 0. The van der Waals surface area contributed by atoms with E-state index in [0.29, 0.717) is 0 Å². The van der Waals surface area contributed by atoms with Crippen molar-refractivity contribution >= 4 is 6.29 Å². The summed E-state index contributed by atoms with van der Waals surface area (Å²) < 4.78 is 0. The lowest BCUT2D eigenvalue weighted by Crippen LogP contribution is -2.23. The third-order valence-electron chi connectivity index (χ3n) is 3.48. The Hall–Kier alpha value is -0.850. The average molecular weight is 234 g/mol. The van der Waals surface area contributed by atoms with Gasteiger partial charge in [0.2, 0.25) is 0 Å². The fraction of sp³-hybridized carbons (Fsp3) is 0.688. The van der Waals surface area contributed by atoms with Gasteiger partial charge in [-0.3, -0.25) is 0 Å². The van der Waals surface area contributed by atoms with Crippen molar-refractivity contribution in [1.29, 1.82) is 0 Å². The van der Waals surface area contributed by atoms with Crippen LogP contribution in [0.25, 0.3) is 0 Å². The van der Waals surface area contributed by atoms with E-state index in [4.69, 9.17) is 0 Å². The van der Waals surface area contributed by atoms with Crippen LogP contribution in [0.3, 0.4) is 0 Å². The highest BCUT2D eigenvalue weighted by atomic mass is 16.1. The smallest absolute Gasteiger partial charge is 0.130 e. The lowest BCUT2D eigenvalue weighted by molar-refractivity contribution is -0.114. The van der Waals surface area contributed by atoms with E-state index in [1.54, 1.807) is 0 Å². The molecule has 0 heterocycles. The van der Waals surface area contributed by atoms with Crippen LogP contribution in [-0.2, 0) is 4.79 Å². The molecule has 0 fully saturated rings. The summed E-state index contributed by atoms with van der Waals surface area (Å²) in [6, 6.07) is 0. The SMILES string of the molecule is CCCC1=CC(C=O)(CCC)CC(CCC)=C1. The van der Waals surface area contributed by atoms with Gasteiger partial charge in [-0.2, -0.15) is 0 Å². The topological polar surface area (TPSA) is 17.1 Å². The number of carbonyl (C=O) groups is 1. The minimum atomic E-state index is -0.196. The Bertz CT molecular complexity index is 311. The zero-order chi connectivity index (χ0) is 12.7. The molecule has 0 spiro atoms. The summed E-state index contributed by atoms with van der Waals surface area (Å²) in [4.78, 5) is 11.5. The van der Waals surface area contributed by atoms with E-state index in [1.807, 2.05) is 0 Å². The average Bonchev–Trinajstić information content (AvgIpc) is 2.30. The molecule has 1 atom stereocenters. The molecule has 1 nitrogen and oxygen atoms in total. The van der Waals surface area contributed by atoms with Gasteiger partial charge in [-0.1, -0.05) is 63.3 Å². The Morgan fingerprint density at radius 3 is 2.41 bits per heavy atom. The Morgan fingerprint density at radius 2 is 1.88 bits per heavy atom. The molecule has 1 heteroatoms. The van der Waals surface area contributed by atoms with Crippen molar-refractivity contribution in [2.45, 2.75) is 65.7 Å². The quantitative estimate of drug-likeness (QED) is 0.577. The Labute approximate surface area is 106 Å². The molecule has 0 aliphatic heterocycles. The molecule has 0 amide bonds. The van der Waals surface area contributed by atoms with Crippen molar-refractivity contribution < 1.29 is 4.79 Å². The molecule has 96 valence electrons. The van der Waals surface area contributed by atoms with E-state index in [1.165, 1.54) is 23.9 Å². The summed E-state index contributed by atoms with van der Waals surface area (Å²) in [6.07, 6.45) is 13.4. The minimum Gasteiger partial charge on any atom is -0.302 e. The van der Waals surface area contributed by atoms with Crippen LogP contribution < -0.4 is 0 Å². The zero-order valence-corrected chi connectivity index (χ0v) is 11.6. The fourth-order valence-electron chi connectivity index (χ4n) is 2.87. The highest BCUT2D eigenvalue weighted by Gasteiger charge is 2.30. The number of carbonyl (C=O) groups excluding carboxylic acids is 1. The lowest BCUT2D eigenvalue weighted by Gasteiger charge is -2.30. The number of rotatable bonds is 7. The Kier molecular flexibility index (Phi) is 5.67. The third kappa shape index (κ3) is 3.83. The Morgan fingerprint density at radius 1 is 1.18 bits per heavy atom. The highest BCUT2D eigenvalue weighted by molar-refractivity contribution is 5.65. The highest BCUT2D eigenvalue weighted by Crippen LogP contribution is 2.39. The van der Waals surface area contributed by atoms with Crippen LogP contribution in [0.1, 0.15) is 65.7 Å². The van der Waals surface area contributed by atoms with E-state index in [9.17, 15) is 4.79 Å². The standard InChI is InChI=1S/C16H26O/c1-4-7-14-10-15(8-5-2)12-16(11-14,13-17)9-6-3/h10-11,13H,4-9,12H2,1-3H3. The van der Waals surface area contributed by atoms with Crippen LogP contribution in [-0.4, -0.2) is 6.29 Å². The Balaban J connectivity index is 2.94. The van der Waals surface area contributed by atoms with Crippen LogP contribution in [0.15, 0.2) is 23.3 Å². The monoisotopic (exact) mass is 234 g/mol. The van der Waals surface area contributed by atoms with Crippen LogP contribution in [0.4, 0.5) is 0 Å². The second-order valence-electron chi connectivity index (χ2n) is 5.30. The van der Waals surface area contributed by atoms with Crippen LogP contribution in [0.5, 0.6) is 0 Å². The second kappa shape index (κ2) is 6.78. The maximum Gasteiger partial charge on any atom is 0.130 e. The van der Waals surface area contributed by atoms with Gasteiger partial charge in [-0.25, -0.2) is 0 Å². The summed E-state index contributed by atoms with van der Waals surface area (Å²) in [7, 11) is 0. The van der Waals surface area contributed by atoms with Gasteiger partial charge < -0.3 is 4.79 Å². The summed E-state index contributed by atoms with van der Waals surface area (Å²) in [5.41, 5.74) is 2.65. The maximum absolute atomic E-state index is 11.5. The van der Waals surface area contributed by atoms with Gasteiger partial charge in [-0.05, 0) is 25.7 Å². The van der Waals surface area contributed by atoms with E-state index < -0.39 is 0 Å². The van der Waals surface area contributed by atoms with Gasteiger partial charge in [0.25, 0.3) is 0 Å². The van der Waals surface area contributed by atoms with Crippen molar-refractivity contribution in [1.82, 2.24) is 0 Å². The molecule has 17 heavy (non-hydrogen) atoms. The fourth-order valence-corrected chi connectivity index (χ4v) is 2.87. The van der Waals surface area contributed by atoms with Crippen LogP contribution >= 0.6 is 0 Å². The van der Waals surface area contributed by atoms with E-state index in [-0.39, 0.29) is 5.41 Å². The zero-order valence-electron chi connectivity index (χ0n) is 11.6. The first-order chi connectivity index (χ1) is 8.19. The molecule has 0 aromatic heterocycles. The third-order valence-corrected chi connectivity index (χ3v) is 3.48. The summed E-state index contributed by atoms with van der Waals surface area (Å²) in [5.74, 6) is 0. The van der Waals surface area contributed by atoms with Gasteiger partial charge in [0.05, 0.1) is 0 Å². The lowest BCUT2D eigenvalue weighted by atomic mass is 9.73. The van der Waals surface area contributed by atoms with Crippen molar-refractivity contribution in [2.24, 2.45) is 5.41 Å². The minimum absolute atomic E-state index is 0.196. The number of hydrogen-bond acceptors (Lipinski definition) is 1. The van der Waals surface area contributed by atoms with Gasteiger partial charge in [-0.15, -0.1) is 0 Å². The molecule has 0 bridgehead atoms. The maximum atomic E-state index is 11.5. The molecule has 0 saturated carbocycles. The molecule has 0 N–H and O–H groups in total. The van der Waals surface area contributed by atoms with E-state index >= 15 is 0 Å². The molecule has 1 unspecified atom stereocenters. The molecule has 1 rings (SSSR count). The van der Waals surface area contributed by atoms with E-state index in [2.05, 4.69) is 32.9 Å². The van der Waals surface area contributed by atoms with Crippen LogP contribution in [0, 0.1) is 5.41 Å². The van der Waals surface area contributed by atoms with E-state index in [0.717, 1.165) is 38.5 Å². The molecule has 0 aromatic carbocycles. The first kappa shape index (κ1) is 14.2. The van der Waals surface area contributed by atoms with Gasteiger partial charge in [0.1, 0.15) is 6.29 Å². The number of aldehydes is 1. The second-order valence-corrected chi connectivity index (χ2v) is 5.30. The number of allylic oxidation sites excluding steroid dienone is 4. The largest absolute Gasteiger partial charge is 0.302 e. The van der Waals surface area contributed by atoms with Gasteiger partial charge in [0, 0.05) is 5.41 Å². The first-order valence-corrected chi connectivity index (χ1v) is 7.07. The van der Waals surface area contributed by atoms with Crippen LogP contribution in [0.2, 0.25) is 0 Å². The predicted octanol–water partition coefficient (Wildman–Crippen LogP) is 4.83. The predicted molar refractivity (Wildman–Crippen MR) is 74.0 cm³/mol. The van der Waals surface area contributed by atoms with Crippen molar-refractivity contribution in [3.8, 4) is 0 Å². The summed E-state index contributed by atoms with van der Waals surface area (Å²) in [6.45, 7) is 6.57. The normalized spacial score (nSPS) is 24.2. The molecule has 0 saturated heterocycles. The molecule has 1 aliphatic rings. The van der Waals surface area contributed by atoms with Gasteiger partial charge in [0.15, 0.2) is 0 Å². The van der Waals surface area contributed by atoms with Crippen molar-refractivity contribution in [3.05, 3.63) is 23.3 Å². The van der Waals surface area contributed by atoms with Crippen molar-refractivity contribution in [3.63, 3.8) is 0 Å².